The van der Waals surface area contributed by atoms with Crippen molar-refractivity contribution in [1.82, 2.24) is 60.0 Å². The number of amides is 12. The molecule has 28 heteroatoms. The number of benzene rings is 1. The minimum atomic E-state index is -4.76. The molecule has 552 valence electrons. The molecule has 0 unspecified atom stereocenters. The molecule has 12 amide bonds. The molecule has 1 aromatic carbocycles. The molecular weight excluding hydrogens is 1310 g/mol. The zero-order chi connectivity index (χ0) is 73.3. The fourth-order valence-corrected chi connectivity index (χ4v) is 15.7. The van der Waals surface area contributed by atoms with Crippen LogP contribution in [-0.4, -0.2) is 250 Å². The number of hydrogen-bond acceptors (Lipinski definition) is 12. The van der Waals surface area contributed by atoms with Gasteiger partial charge in [0.1, 0.15) is 59.9 Å². The Labute approximate surface area is 586 Å². The fourth-order valence-electron chi connectivity index (χ4n) is 15.4. The highest BCUT2D eigenvalue weighted by molar-refractivity contribution is 6.31. The Morgan fingerprint density at radius 3 is 1.84 bits per heavy atom. The Balaban J connectivity index is 1.29. The Morgan fingerprint density at radius 2 is 1.26 bits per heavy atom. The molecule has 4 aliphatic heterocycles. The second kappa shape index (κ2) is 34.1. The van der Waals surface area contributed by atoms with Gasteiger partial charge in [-0.15, -0.1) is 0 Å². The standard InChI is InChI=1S/C71H108ClF3N12O12/c1-14-43(5)57-66(96)80(9)45(7)62(92)87-37-31-52(87)64(94)83(12)59(47-24-17-18-25-47)67(97)79(8)41-55(88)76-50(30-28-46-27-29-48(49(72)39-46)71(73,74)75)63(93)86-36-23-26-51(86)61(91)78-70(32-19-20-33-70)69(99)84(13)58(44(6)15-2)68(98)82(11)54(65(95)85-34-21-16-22-35-85)40-56(89)81(10)53(38-42(3)4)60(90)77-57/h27,29,39,42-45,47,50-54,57-59H,14-26,28,30-38,40-41H2,1-13H3,(H,76,88)(H,77,90)(H,78,91)/t43-,44-,45-,50-,51-,52-,53-,54-,57-,58-,59-/m0/s1. The van der Waals surface area contributed by atoms with Crippen LogP contribution in [0.5, 0.6) is 0 Å². The van der Waals surface area contributed by atoms with E-state index in [0.717, 1.165) is 36.3 Å². The molecule has 2 saturated carbocycles. The molecule has 6 aliphatic rings. The number of halogens is 4. The molecule has 1 spiro atoms. The number of fused-ring (bicyclic) bond motifs is 2. The summed E-state index contributed by atoms with van der Waals surface area (Å²) in [5.41, 5.74) is -2.35. The molecule has 99 heavy (non-hydrogen) atoms. The number of nitrogens with zero attached hydrogens (tertiary/aromatic N) is 9. The molecule has 4 heterocycles. The number of rotatable bonds is 11. The lowest BCUT2D eigenvalue weighted by Crippen LogP contribution is -2.65. The van der Waals surface area contributed by atoms with Crippen LogP contribution in [0.15, 0.2) is 18.2 Å². The number of carbonyl (C=O) groups excluding carboxylic acids is 12. The molecule has 0 radical (unpaired) electrons. The van der Waals surface area contributed by atoms with Crippen LogP contribution in [0, 0.1) is 23.7 Å². The number of piperidine rings is 1. The smallest absolute Gasteiger partial charge is 0.343 e. The summed E-state index contributed by atoms with van der Waals surface area (Å²) in [6.45, 7) is 12.8. The summed E-state index contributed by atoms with van der Waals surface area (Å²) in [6, 6.07) is -7.79. The van der Waals surface area contributed by atoms with Crippen LogP contribution < -0.4 is 16.0 Å². The number of aryl methyl sites for hydroxylation is 1. The minimum Gasteiger partial charge on any atom is -0.343 e. The van der Waals surface area contributed by atoms with Crippen molar-refractivity contribution in [2.75, 3.05) is 75.0 Å². The number of likely N-dealkylation sites (tertiary alicyclic amines) is 1. The highest BCUT2D eigenvalue weighted by Crippen LogP contribution is 2.38. The molecule has 0 aromatic heterocycles. The Hall–Kier alpha value is -7.06. The number of hydrogen-bond donors (Lipinski definition) is 3. The van der Waals surface area contributed by atoms with E-state index in [4.69, 9.17) is 11.6 Å². The summed E-state index contributed by atoms with van der Waals surface area (Å²) in [4.78, 5) is 192. The average Bonchev–Trinajstić information content (AvgIpc) is 1.71. The highest BCUT2D eigenvalue weighted by Gasteiger charge is 2.52. The van der Waals surface area contributed by atoms with Gasteiger partial charge in [0.2, 0.25) is 70.9 Å². The minimum absolute atomic E-state index is 0.0344. The van der Waals surface area contributed by atoms with Gasteiger partial charge in [-0.2, -0.15) is 13.2 Å². The van der Waals surface area contributed by atoms with Gasteiger partial charge in [-0.05, 0) is 132 Å². The number of carbonyl (C=O) groups is 12. The van der Waals surface area contributed by atoms with E-state index >= 15 is 28.8 Å². The lowest BCUT2D eigenvalue weighted by atomic mass is 9.90. The van der Waals surface area contributed by atoms with Crippen molar-refractivity contribution in [2.24, 2.45) is 23.7 Å². The number of likely N-dealkylation sites (N-methyl/N-ethyl adjacent to an activating group) is 6. The molecule has 7 rings (SSSR count). The maximum absolute atomic E-state index is 15.5. The molecular formula is C71H108ClF3N12O12. The van der Waals surface area contributed by atoms with E-state index in [-0.39, 0.29) is 69.9 Å². The first-order chi connectivity index (χ1) is 46.6. The zero-order valence-electron chi connectivity index (χ0n) is 60.4. The number of nitrogens with one attached hydrogen (secondary N) is 3. The molecule has 11 atom stereocenters. The van der Waals surface area contributed by atoms with E-state index in [1.54, 1.807) is 18.7 Å². The Bertz CT molecular complexity index is 3140. The van der Waals surface area contributed by atoms with Crippen LogP contribution in [0.1, 0.15) is 182 Å². The fraction of sp³-hybridized carbons (Fsp3) is 0.746. The Morgan fingerprint density at radius 1 is 0.636 bits per heavy atom. The van der Waals surface area contributed by atoms with Crippen molar-refractivity contribution < 1.29 is 70.7 Å². The van der Waals surface area contributed by atoms with Crippen molar-refractivity contribution in [3.8, 4) is 0 Å². The molecule has 4 saturated heterocycles. The van der Waals surface area contributed by atoms with Crippen molar-refractivity contribution in [3.05, 3.63) is 34.3 Å². The van der Waals surface area contributed by atoms with Crippen LogP contribution in [0.3, 0.4) is 0 Å². The van der Waals surface area contributed by atoms with Gasteiger partial charge >= 0.3 is 6.18 Å². The summed E-state index contributed by atoms with van der Waals surface area (Å²) in [5.74, 6) is -9.15. The monoisotopic (exact) mass is 1410 g/mol. The summed E-state index contributed by atoms with van der Waals surface area (Å²) < 4.78 is 41.6. The largest absolute Gasteiger partial charge is 0.417 e. The molecule has 6 fully saturated rings. The van der Waals surface area contributed by atoms with Gasteiger partial charge in [-0.25, -0.2) is 0 Å². The van der Waals surface area contributed by atoms with Crippen molar-refractivity contribution >= 4 is 82.5 Å². The van der Waals surface area contributed by atoms with Gasteiger partial charge in [0.15, 0.2) is 0 Å². The highest BCUT2D eigenvalue weighted by atomic mass is 35.5. The molecule has 2 aliphatic carbocycles. The van der Waals surface area contributed by atoms with Crippen LogP contribution in [-0.2, 0) is 70.1 Å². The summed E-state index contributed by atoms with van der Waals surface area (Å²) in [7, 11) is 8.63. The Kier molecular flexibility index (Phi) is 27.3. The lowest BCUT2D eigenvalue weighted by Gasteiger charge is -2.45. The van der Waals surface area contributed by atoms with E-state index in [9.17, 15) is 41.9 Å². The molecule has 1 aromatic rings. The molecule has 0 bridgehead atoms. The zero-order valence-corrected chi connectivity index (χ0v) is 61.1. The van der Waals surface area contributed by atoms with Crippen LogP contribution >= 0.6 is 11.6 Å². The predicted octanol–water partition coefficient (Wildman–Crippen LogP) is 5.64. The van der Waals surface area contributed by atoms with Crippen molar-refractivity contribution in [2.45, 2.75) is 243 Å². The lowest BCUT2D eigenvalue weighted by molar-refractivity contribution is -0.161. The first kappa shape index (κ1) is 79.3. The summed E-state index contributed by atoms with van der Waals surface area (Å²) in [6.07, 6.45) is 2.22. The van der Waals surface area contributed by atoms with E-state index < -0.39 is 172 Å². The maximum Gasteiger partial charge on any atom is 0.417 e. The first-order valence-corrected chi connectivity index (χ1v) is 36.2. The normalized spacial score (nSPS) is 28.1. The SMILES string of the molecule is CC[C@H](C)[C@@H]1NC(=O)[C@H](CC(C)C)N(C)C(=O)C[C@@H](C(=O)N2CCCCC2)N(C)C(=O)[C@H]([C@@H](C)CC)N(C)C(=O)C2(CCCC2)NC(=O)[C@@H]2CCCN2C(=O)[C@H](CCc2ccc(C(F)(F)F)c(Cl)c2)NC(=O)CN(C)C(=O)[C@H](C2CCCC2)N(C)C(=O)[C@@H]2CCN2C(=O)[C@H](C)N(C)C1=O. The summed E-state index contributed by atoms with van der Waals surface area (Å²) >= 11 is 6.15. The molecule has 3 N–H and O–H groups in total. The third kappa shape index (κ3) is 18.2. The van der Waals surface area contributed by atoms with E-state index in [2.05, 4.69) is 16.0 Å². The van der Waals surface area contributed by atoms with Crippen LogP contribution in [0.25, 0.3) is 0 Å². The second-order valence-corrected chi connectivity index (χ2v) is 29.8. The third-order valence-corrected chi connectivity index (χ3v) is 22.5. The van der Waals surface area contributed by atoms with Gasteiger partial charge in [-0.3, -0.25) is 57.5 Å². The van der Waals surface area contributed by atoms with E-state index in [0.29, 0.717) is 76.4 Å². The van der Waals surface area contributed by atoms with Crippen molar-refractivity contribution in [3.63, 3.8) is 0 Å². The van der Waals surface area contributed by atoms with Gasteiger partial charge in [0.05, 0.1) is 23.6 Å². The van der Waals surface area contributed by atoms with Gasteiger partial charge in [0.25, 0.3) is 0 Å². The third-order valence-electron chi connectivity index (χ3n) is 22.2. The van der Waals surface area contributed by atoms with E-state index in [1.165, 1.54) is 89.6 Å². The molecule has 24 nitrogen and oxygen atoms in total. The second-order valence-electron chi connectivity index (χ2n) is 29.4. The maximum atomic E-state index is 15.5. The van der Waals surface area contributed by atoms with Crippen LogP contribution in [0.4, 0.5) is 13.2 Å². The predicted molar refractivity (Wildman–Crippen MR) is 364 cm³/mol. The average molecular weight is 1410 g/mol. The summed E-state index contributed by atoms with van der Waals surface area (Å²) in [5, 5.41) is 8.17. The van der Waals surface area contributed by atoms with Gasteiger partial charge < -0.3 is 60.0 Å². The van der Waals surface area contributed by atoms with Crippen molar-refractivity contribution in [1.29, 1.82) is 0 Å². The van der Waals surface area contributed by atoms with Crippen LogP contribution in [0.2, 0.25) is 5.02 Å². The number of alkyl halides is 3. The van der Waals surface area contributed by atoms with E-state index in [1.807, 2.05) is 27.7 Å². The quantitative estimate of drug-likeness (QED) is 0.243. The topological polar surface area (TPSA) is 270 Å². The van der Waals surface area contributed by atoms with Gasteiger partial charge in [-0.1, -0.05) is 97.7 Å². The van der Waals surface area contributed by atoms with Gasteiger partial charge in [0, 0.05) is 68.5 Å². The first-order valence-electron chi connectivity index (χ1n) is 35.9.